The number of aryl methyl sites for hydroxylation is 1. The highest BCUT2D eigenvalue weighted by Gasteiger charge is 2.29. The van der Waals surface area contributed by atoms with E-state index in [0.29, 0.717) is 12.5 Å². The number of carbonyl (C=O) groups is 1. The molecule has 2 aromatic rings. The van der Waals surface area contributed by atoms with E-state index in [1.165, 1.54) is 11.1 Å². The molecule has 0 spiro atoms. The Morgan fingerprint density at radius 2 is 1.93 bits per heavy atom. The van der Waals surface area contributed by atoms with Gasteiger partial charge in [0.1, 0.15) is 5.84 Å². The third-order valence-electron chi connectivity index (χ3n) is 6.10. The van der Waals surface area contributed by atoms with Gasteiger partial charge in [-0.3, -0.25) is 14.5 Å². The number of hydrogen-bond donors (Lipinski definition) is 1. The molecule has 0 aliphatic carbocycles. The maximum atomic E-state index is 12.0. The number of nitrogens with zero attached hydrogens (tertiary/aromatic N) is 4. The van der Waals surface area contributed by atoms with E-state index in [9.17, 15) is 4.79 Å². The first-order chi connectivity index (χ1) is 13.9. The quantitative estimate of drug-likeness (QED) is 0.845. The van der Waals surface area contributed by atoms with Gasteiger partial charge in [-0.1, -0.05) is 24.6 Å². The number of nitrogens with one attached hydrogen (secondary N) is 1. The Kier molecular flexibility index (Phi) is 5.26. The lowest BCUT2D eigenvalue weighted by Crippen LogP contribution is -2.38. The molecule has 1 N–H and O–H groups in total. The minimum absolute atomic E-state index is 0.127. The average Bonchev–Trinajstić information content (AvgIpc) is 3.09. The van der Waals surface area contributed by atoms with E-state index in [2.05, 4.69) is 48.5 Å². The van der Waals surface area contributed by atoms with Crippen LogP contribution in [0.25, 0.3) is 11.1 Å². The minimum Gasteiger partial charge on any atom is -0.340 e. The van der Waals surface area contributed by atoms with Crippen molar-refractivity contribution in [2.45, 2.75) is 39.7 Å². The van der Waals surface area contributed by atoms with E-state index in [0.717, 1.165) is 42.0 Å². The van der Waals surface area contributed by atoms with Crippen LogP contribution in [-0.2, 0) is 11.8 Å². The van der Waals surface area contributed by atoms with Crippen LogP contribution in [0.2, 0.25) is 0 Å². The number of carbonyl (C=O) groups excluding carboxylic acids is 1. The standard InChI is InChI=1S/C23H29N5O/c1-15-11-19-9-10-28(17(3)29)14-22(19)23(25-16(15)2)26-21-7-5-18(6-8-21)20-12-24-27(4)13-20/h5-8,12-13,15-16H,9-11,14H2,1-4H3,(H,25,26)/t15-,16?/m1/s1. The zero-order valence-corrected chi connectivity index (χ0v) is 17.6. The summed E-state index contributed by atoms with van der Waals surface area (Å²) in [5.41, 5.74) is 5.87. The fourth-order valence-corrected chi connectivity index (χ4v) is 4.07. The molecule has 1 unspecified atom stereocenters. The molecule has 2 aliphatic heterocycles. The lowest BCUT2D eigenvalue weighted by Gasteiger charge is -2.30. The third-order valence-corrected chi connectivity index (χ3v) is 6.10. The average molecular weight is 392 g/mol. The van der Waals surface area contributed by atoms with Crippen molar-refractivity contribution in [2.75, 3.05) is 18.4 Å². The largest absolute Gasteiger partial charge is 0.340 e. The van der Waals surface area contributed by atoms with E-state index in [1.54, 1.807) is 6.92 Å². The topological polar surface area (TPSA) is 62.5 Å². The van der Waals surface area contributed by atoms with Gasteiger partial charge in [-0.05, 0) is 43.4 Å². The molecule has 6 heteroatoms. The van der Waals surface area contributed by atoms with Gasteiger partial charge in [0.15, 0.2) is 0 Å². The highest BCUT2D eigenvalue weighted by Crippen LogP contribution is 2.31. The van der Waals surface area contributed by atoms with Gasteiger partial charge in [-0.25, -0.2) is 0 Å². The number of benzene rings is 1. The van der Waals surface area contributed by atoms with Crippen molar-refractivity contribution in [1.29, 1.82) is 0 Å². The van der Waals surface area contributed by atoms with Gasteiger partial charge in [-0.15, -0.1) is 0 Å². The second-order valence-corrected chi connectivity index (χ2v) is 8.28. The van der Waals surface area contributed by atoms with Crippen LogP contribution in [-0.4, -0.2) is 45.6 Å². The zero-order chi connectivity index (χ0) is 20.5. The molecule has 0 radical (unpaired) electrons. The lowest BCUT2D eigenvalue weighted by atomic mass is 9.90. The van der Waals surface area contributed by atoms with Crippen molar-refractivity contribution >= 4 is 17.4 Å². The van der Waals surface area contributed by atoms with E-state index in [4.69, 9.17) is 4.99 Å². The van der Waals surface area contributed by atoms with Gasteiger partial charge in [0.05, 0.1) is 12.2 Å². The number of aromatic nitrogens is 2. The third kappa shape index (κ3) is 4.11. The zero-order valence-electron chi connectivity index (χ0n) is 17.6. The van der Waals surface area contributed by atoms with Crippen LogP contribution in [0.1, 0.15) is 33.6 Å². The first-order valence-corrected chi connectivity index (χ1v) is 10.3. The van der Waals surface area contributed by atoms with Crippen LogP contribution in [0.15, 0.2) is 52.8 Å². The molecule has 29 heavy (non-hydrogen) atoms. The lowest BCUT2D eigenvalue weighted by molar-refractivity contribution is -0.128. The van der Waals surface area contributed by atoms with Crippen LogP contribution in [0, 0.1) is 5.92 Å². The molecule has 152 valence electrons. The van der Waals surface area contributed by atoms with Crippen molar-refractivity contribution in [3.8, 4) is 11.1 Å². The van der Waals surface area contributed by atoms with Crippen LogP contribution in [0.4, 0.5) is 5.69 Å². The fraction of sp³-hybridized carbons (Fsp3) is 0.435. The fourth-order valence-electron chi connectivity index (χ4n) is 4.07. The summed E-state index contributed by atoms with van der Waals surface area (Å²) in [4.78, 5) is 18.9. The summed E-state index contributed by atoms with van der Waals surface area (Å²) in [5, 5.41) is 7.79. The van der Waals surface area contributed by atoms with Crippen LogP contribution in [0.5, 0.6) is 0 Å². The Balaban J connectivity index is 1.61. The molecule has 0 bridgehead atoms. The molecular formula is C23H29N5O. The first-order valence-electron chi connectivity index (χ1n) is 10.3. The van der Waals surface area contributed by atoms with Crippen LogP contribution >= 0.6 is 0 Å². The molecule has 0 saturated carbocycles. The second kappa shape index (κ2) is 7.85. The summed E-state index contributed by atoms with van der Waals surface area (Å²) in [7, 11) is 1.92. The summed E-state index contributed by atoms with van der Waals surface area (Å²) < 4.78 is 1.81. The van der Waals surface area contributed by atoms with E-state index in [-0.39, 0.29) is 11.9 Å². The summed E-state index contributed by atoms with van der Waals surface area (Å²) in [5.74, 6) is 1.54. The molecule has 2 aliphatic rings. The van der Waals surface area contributed by atoms with Gasteiger partial charge in [0, 0.05) is 50.1 Å². The number of amides is 1. The SMILES string of the molecule is CC(=O)N1CCC2=C(C1)C(Nc1ccc(-c3cnn(C)c3)cc1)=NC(C)[C@H](C)C2. The van der Waals surface area contributed by atoms with Gasteiger partial charge in [0.25, 0.3) is 0 Å². The molecule has 1 amide bonds. The normalized spacial score (nSPS) is 22.1. The molecule has 3 heterocycles. The predicted molar refractivity (Wildman–Crippen MR) is 117 cm³/mol. The van der Waals surface area contributed by atoms with Gasteiger partial charge in [-0.2, -0.15) is 5.10 Å². The van der Waals surface area contributed by atoms with Crippen LogP contribution in [0.3, 0.4) is 0 Å². The van der Waals surface area contributed by atoms with E-state index < -0.39 is 0 Å². The van der Waals surface area contributed by atoms with E-state index in [1.807, 2.05) is 29.0 Å². The van der Waals surface area contributed by atoms with Crippen molar-refractivity contribution in [3.63, 3.8) is 0 Å². The highest BCUT2D eigenvalue weighted by atomic mass is 16.2. The molecule has 4 rings (SSSR count). The van der Waals surface area contributed by atoms with Crippen LogP contribution < -0.4 is 5.32 Å². The molecule has 0 fully saturated rings. The Morgan fingerprint density at radius 1 is 1.17 bits per heavy atom. The predicted octanol–water partition coefficient (Wildman–Crippen LogP) is 3.87. The molecule has 2 atom stereocenters. The number of rotatable bonds is 2. The Hall–Kier alpha value is -2.89. The molecule has 0 saturated heterocycles. The number of anilines is 1. The first kappa shape index (κ1) is 19.4. The van der Waals surface area contributed by atoms with Gasteiger partial charge < -0.3 is 10.2 Å². The monoisotopic (exact) mass is 391 g/mol. The number of hydrogen-bond acceptors (Lipinski definition) is 4. The Labute approximate surface area is 172 Å². The Bertz CT molecular complexity index is 969. The second-order valence-electron chi connectivity index (χ2n) is 8.28. The summed E-state index contributed by atoms with van der Waals surface area (Å²) in [6.07, 6.45) is 5.87. The molecular weight excluding hydrogens is 362 g/mol. The minimum atomic E-state index is 0.127. The maximum Gasteiger partial charge on any atom is 0.219 e. The van der Waals surface area contributed by atoms with Crippen molar-refractivity contribution in [3.05, 3.63) is 47.8 Å². The molecule has 1 aromatic heterocycles. The van der Waals surface area contributed by atoms with Crippen molar-refractivity contribution in [2.24, 2.45) is 18.0 Å². The van der Waals surface area contributed by atoms with Crippen molar-refractivity contribution in [1.82, 2.24) is 14.7 Å². The summed E-state index contributed by atoms with van der Waals surface area (Å²) >= 11 is 0. The van der Waals surface area contributed by atoms with E-state index >= 15 is 0 Å². The Morgan fingerprint density at radius 3 is 2.59 bits per heavy atom. The van der Waals surface area contributed by atoms with Gasteiger partial charge >= 0.3 is 0 Å². The molecule has 1 aromatic carbocycles. The van der Waals surface area contributed by atoms with Gasteiger partial charge in [0.2, 0.25) is 5.91 Å². The number of aliphatic imine (C=N–C) groups is 1. The smallest absolute Gasteiger partial charge is 0.219 e. The summed E-state index contributed by atoms with van der Waals surface area (Å²) in [6, 6.07) is 8.59. The summed E-state index contributed by atoms with van der Waals surface area (Å²) in [6.45, 7) is 7.54. The number of amidine groups is 1. The highest BCUT2D eigenvalue weighted by molar-refractivity contribution is 6.09. The van der Waals surface area contributed by atoms with Crippen molar-refractivity contribution < 1.29 is 4.79 Å². The molecule has 6 nitrogen and oxygen atoms in total. The maximum absolute atomic E-state index is 12.0.